The molecule has 0 aromatic carbocycles. The average Bonchev–Trinajstić information content (AvgIpc) is 2.15. The van der Waals surface area contributed by atoms with Crippen molar-refractivity contribution in [3.63, 3.8) is 0 Å². The highest BCUT2D eigenvalue weighted by Crippen LogP contribution is 2.25. The van der Waals surface area contributed by atoms with E-state index in [0.29, 0.717) is 0 Å². The number of aryl methyl sites for hydroxylation is 2. The molecule has 0 saturated heterocycles. The second-order valence-corrected chi connectivity index (χ2v) is 3.80. The van der Waals surface area contributed by atoms with Gasteiger partial charge in [0.15, 0.2) is 0 Å². The highest BCUT2D eigenvalue weighted by molar-refractivity contribution is 5.42. The van der Waals surface area contributed by atoms with E-state index in [9.17, 15) is 0 Å². The van der Waals surface area contributed by atoms with Gasteiger partial charge in [0.2, 0.25) is 0 Å². The van der Waals surface area contributed by atoms with E-state index < -0.39 is 0 Å². The van der Waals surface area contributed by atoms with Crippen LogP contribution in [0.1, 0.15) is 40.9 Å². The Labute approximate surface area is 85.6 Å². The minimum atomic E-state index is -0.0459. The largest absolute Gasteiger partial charge is 0.258 e. The fourth-order valence-electron chi connectivity index (χ4n) is 1.80. The molecule has 14 heavy (non-hydrogen) atoms. The van der Waals surface area contributed by atoms with Gasteiger partial charge in [0.25, 0.3) is 0 Å². The molecule has 0 N–H and O–H groups in total. The summed E-state index contributed by atoms with van der Waals surface area (Å²) in [5.74, 6) is -0.0459. The molecule has 1 atom stereocenters. The summed E-state index contributed by atoms with van der Waals surface area (Å²) in [5.41, 5.74) is 5.53. The number of nitriles is 1. The molecule has 74 valence electrons. The standard InChI is InChI=1S/C12H16N2/c1-7(6-13)12-8(2)10(4)14-11(5)9(12)3/h7H,1-5H3. The molecule has 0 bridgehead atoms. The maximum absolute atomic E-state index is 8.95. The van der Waals surface area contributed by atoms with Gasteiger partial charge in [-0.25, -0.2) is 0 Å². The van der Waals surface area contributed by atoms with Gasteiger partial charge in [-0.15, -0.1) is 0 Å². The Morgan fingerprint density at radius 1 is 1.07 bits per heavy atom. The van der Waals surface area contributed by atoms with E-state index in [2.05, 4.69) is 11.1 Å². The van der Waals surface area contributed by atoms with Crippen molar-refractivity contribution in [2.75, 3.05) is 0 Å². The van der Waals surface area contributed by atoms with Gasteiger partial charge in [-0.2, -0.15) is 5.26 Å². The molecular weight excluding hydrogens is 172 g/mol. The van der Waals surface area contributed by atoms with Crippen LogP contribution in [0.3, 0.4) is 0 Å². The summed E-state index contributed by atoms with van der Waals surface area (Å²) in [6.07, 6.45) is 0. The summed E-state index contributed by atoms with van der Waals surface area (Å²) in [6, 6.07) is 2.29. The summed E-state index contributed by atoms with van der Waals surface area (Å²) in [4.78, 5) is 4.44. The van der Waals surface area contributed by atoms with Crippen molar-refractivity contribution in [2.45, 2.75) is 40.5 Å². The molecule has 0 aliphatic carbocycles. The second kappa shape index (κ2) is 3.79. The summed E-state index contributed by atoms with van der Waals surface area (Å²) in [6.45, 7) is 10.0. The third-order valence-electron chi connectivity index (χ3n) is 2.86. The molecule has 0 fully saturated rings. The summed E-state index contributed by atoms with van der Waals surface area (Å²) < 4.78 is 0. The first kappa shape index (κ1) is 10.7. The molecule has 1 aromatic heterocycles. The van der Waals surface area contributed by atoms with E-state index in [1.54, 1.807) is 0 Å². The fraction of sp³-hybridized carbons (Fsp3) is 0.500. The molecule has 0 aliphatic heterocycles. The first-order chi connectivity index (χ1) is 6.49. The van der Waals surface area contributed by atoms with Crippen LogP contribution in [0.25, 0.3) is 0 Å². The van der Waals surface area contributed by atoms with E-state index in [1.807, 2.05) is 34.6 Å². The summed E-state index contributed by atoms with van der Waals surface area (Å²) in [7, 11) is 0. The molecule has 2 nitrogen and oxygen atoms in total. The van der Waals surface area contributed by atoms with Crippen LogP contribution in [0, 0.1) is 39.0 Å². The van der Waals surface area contributed by atoms with Gasteiger partial charge in [0.1, 0.15) is 0 Å². The van der Waals surface area contributed by atoms with Crippen LogP contribution in [0.2, 0.25) is 0 Å². The number of aromatic nitrogens is 1. The molecule has 0 radical (unpaired) electrons. The average molecular weight is 188 g/mol. The maximum Gasteiger partial charge on any atom is 0.0701 e. The Hall–Kier alpha value is -1.36. The zero-order valence-electron chi connectivity index (χ0n) is 9.47. The van der Waals surface area contributed by atoms with Gasteiger partial charge >= 0.3 is 0 Å². The van der Waals surface area contributed by atoms with Gasteiger partial charge in [-0.3, -0.25) is 4.98 Å². The van der Waals surface area contributed by atoms with Crippen LogP contribution in [-0.2, 0) is 0 Å². The summed E-state index contributed by atoms with van der Waals surface area (Å²) in [5, 5.41) is 8.95. The van der Waals surface area contributed by atoms with Crippen molar-refractivity contribution in [3.8, 4) is 6.07 Å². The maximum atomic E-state index is 8.95. The van der Waals surface area contributed by atoms with Crippen LogP contribution in [-0.4, -0.2) is 4.98 Å². The van der Waals surface area contributed by atoms with Gasteiger partial charge in [0, 0.05) is 11.4 Å². The first-order valence-corrected chi connectivity index (χ1v) is 4.83. The van der Waals surface area contributed by atoms with E-state index >= 15 is 0 Å². The molecule has 1 heterocycles. The highest BCUT2D eigenvalue weighted by Gasteiger charge is 2.14. The lowest BCUT2D eigenvalue weighted by Gasteiger charge is -2.15. The number of nitrogens with zero attached hydrogens (tertiary/aromatic N) is 2. The monoisotopic (exact) mass is 188 g/mol. The molecule has 1 unspecified atom stereocenters. The van der Waals surface area contributed by atoms with Crippen molar-refractivity contribution in [1.29, 1.82) is 5.26 Å². The molecule has 1 rings (SSSR count). The number of hydrogen-bond acceptors (Lipinski definition) is 2. The second-order valence-electron chi connectivity index (χ2n) is 3.80. The Morgan fingerprint density at radius 3 is 1.86 bits per heavy atom. The van der Waals surface area contributed by atoms with Crippen molar-refractivity contribution in [2.24, 2.45) is 0 Å². The van der Waals surface area contributed by atoms with Gasteiger partial charge < -0.3 is 0 Å². The lowest BCUT2D eigenvalue weighted by atomic mass is 9.92. The molecule has 0 aliphatic rings. The molecule has 0 amide bonds. The van der Waals surface area contributed by atoms with Gasteiger partial charge in [-0.05, 0) is 51.3 Å². The van der Waals surface area contributed by atoms with Crippen LogP contribution >= 0.6 is 0 Å². The van der Waals surface area contributed by atoms with Gasteiger partial charge in [-0.1, -0.05) is 0 Å². The normalized spacial score (nSPS) is 12.3. The zero-order valence-corrected chi connectivity index (χ0v) is 9.47. The van der Waals surface area contributed by atoms with Gasteiger partial charge in [0.05, 0.1) is 12.0 Å². The predicted octanol–water partition coefficient (Wildman–Crippen LogP) is 2.94. The van der Waals surface area contributed by atoms with Crippen molar-refractivity contribution in [3.05, 3.63) is 28.1 Å². The van der Waals surface area contributed by atoms with Crippen LogP contribution in [0.4, 0.5) is 0 Å². The molecule has 0 saturated carbocycles. The predicted molar refractivity (Wildman–Crippen MR) is 57.2 cm³/mol. The minimum absolute atomic E-state index is 0.0459. The zero-order chi connectivity index (χ0) is 10.9. The van der Waals surface area contributed by atoms with E-state index in [4.69, 9.17) is 5.26 Å². The lowest BCUT2D eigenvalue weighted by molar-refractivity contribution is 0.910. The lowest BCUT2D eigenvalue weighted by Crippen LogP contribution is -2.04. The Kier molecular flexibility index (Phi) is 2.90. The van der Waals surface area contributed by atoms with Crippen molar-refractivity contribution >= 4 is 0 Å². The first-order valence-electron chi connectivity index (χ1n) is 4.83. The smallest absolute Gasteiger partial charge is 0.0701 e. The molecule has 1 aromatic rings. The fourth-order valence-corrected chi connectivity index (χ4v) is 1.80. The minimum Gasteiger partial charge on any atom is -0.258 e. The molecular formula is C12H16N2. The van der Waals surface area contributed by atoms with Crippen LogP contribution in [0.5, 0.6) is 0 Å². The van der Waals surface area contributed by atoms with Crippen molar-refractivity contribution < 1.29 is 0 Å². The molecule has 0 spiro atoms. The Morgan fingerprint density at radius 2 is 1.50 bits per heavy atom. The Balaban J connectivity index is 3.49. The number of hydrogen-bond donors (Lipinski definition) is 0. The van der Waals surface area contributed by atoms with E-state index in [1.165, 1.54) is 0 Å². The van der Waals surface area contributed by atoms with Crippen LogP contribution < -0.4 is 0 Å². The van der Waals surface area contributed by atoms with E-state index in [-0.39, 0.29) is 5.92 Å². The highest BCUT2D eigenvalue weighted by atomic mass is 14.7. The molecule has 2 heteroatoms. The number of rotatable bonds is 1. The van der Waals surface area contributed by atoms with Crippen molar-refractivity contribution in [1.82, 2.24) is 4.98 Å². The topological polar surface area (TPSA) is 36.7 Å². The summed E-state index contributed by atoms with van der Waals surface area (Å²) >= 11 is 0. The number of pyridine rings is 1. The Bertz CT molecular complexity index is 374. The third kappa shape index (κ3) is 1.63. The van der Waals surface area contributed by atoms with E-state index in [0.717, 1.165) is 28.1 Å². The quantitative estimate of drug-likeness (QED) is 0.679. The van der Waals surface area contributed by atoms with Crippen LogP contribution in [0.15, 0.2) is 0 Å². The third-order valence-corrected chi connectivity index (χ3v) is 2.86. The SMILES string of the molecule is Cc1nc(C)c(C)c(C(C)C#N)c1C.